The Labute approximate surface area is 61.4 Å². The van der Waals surface area contributed by atoms with E-state index in [1.165, 1.54) is 0 Å². The van der Waals surface area contributed by atoms with Gasteiger partial charge in [-0.25, -0.2) is 4.98 Å². The van der Waals surface area contributed by atoms with Crippen LogP contribution in [0.2, 0.25) is 0 Å². The highest BCUT2D eigenvalue weighted by Gasteiger charge is 2.04. The lowest BCUT2D eigenvalue weighted by molar-refractivity contribution is 1.03. The molecule has 0 bridgehead atoms. The number of hydrogen-bond donors (Lipinski definition) is 3. The van der Waals surface area contributed by atoms with E-state index in [0.717, 1.165) is 0 Å². The van der Waals surface area contributed by atoms with Gasteiger partial charge in [-0.05, 0) is 0 Å². The molecule has 1 aromatic rings. The lowest BCUT2D eigenvalue weighted by atomic mass is 10.5. The van der Waals surface area contributed by atoms with Gasteiger partial charge in [-0.2, -0.15) is 0 Å². The van der Waals surface area contributed by atoms with Crippen molar-refractivity contribution in [3.63, 3.8) is 0 Å². The molecule has 1 aromatic heterocycles. The largest absolute Gasteiger partial charge is 0.307 e. The summed E-state index contributed by atoms with van der Waals surface area (Å²) in [6.07, 6.45) is 1.56. The summed E-state index contributed by atoms with van der Waals surface area (Å²) in [5.74, 6) is 0.527. The van der Waals surface area contributed by atoms with Gasteiger partial charge in [0.05, 0.1) is 0 Å². The molecule has 0 saturated carbocycles. The summed E-state index contributed by atoms with van der Waals surface area (Å²) in [6.45, 7) is 3.51. The van der Waals surface area contributed by atoms with Gasteiger partial charge in [-0.1, -0.05) is 6.58 Å². The Morgan fingerprint density at radius 2 is 2.36 bits per heavy atom. The van der Waals surface area contributed by atoms with Crippen molar-refractivity contribution < 1.29 is 0 Å². The maximum atomic E-state index is 11.1. The van der Waals surface area contributed by atoms with E-state index >= 15 is 0 Å². The number of H-pyrrole nitrogens is 1. The van der Waals surface area contributed by atoms with Gasteiger partial charge in [0.25, 0.3) is 5.56 Å². The molecule has 2 heterocycles. The molecule has 0 unspecified atom stereocenters. The number of anilines is 1. The van der Waals surface area contributed by atoms with Crippen LogP contribution < -0.4 is 27.1 Å². The average Bonchev–Trinajstić information content (AvgIpc) is 2.34. The van der Waals surface area contributed by atoms with Gasteiger partial charge in [0.2, 0.25) is 0 Å². The van der Waals surface area contributed by atoms with E-state index in [-0.39, 0.29) is 5.56 Å². The van der Waals surface area contributed by atoms with Gasteiger partial charge in [-0.15, -0.1) is 0 Å². The Bertz CT molecular complexity index is 447. The van der Waals surface area contributed by atoms with Crippen LogP contribution in [0.15, 0.2) is 4.79 Å². The number of nitrogens with zero attached hydrogens (tertiary/aromatic N) is 1. The van der Waals surface area contributed by atoms with Crippen LogP contribution in [-0.2, 0) is 0 Å². The first kappa shape index (κ1) is 5.96. The third-order valence-corrected chi connectivity index (χ3v) is 1.41. The Morgan fingerprint density at radius 1 is 1.55 bits per heavy atom. The van der Waals surface area contributed by atoms with Crippen LogP contribution in [0.4, 0.5) is 5.82 Å². The quantitative estimate of drug-likeness (QED) is 0.394. The van der Waals surface area contributed by atoms with Crippen LogP contribution in [0.1, 0.15) is 0 Å². The molecule has 0 aliphatic carbocycles. The second kappa shape index (κ2) is 1.85. The van der Waals surface area contributed by atoms with Crippen molar-refractivity contribution in [1.82, 2.24) is 15.4 Å². The van der Waals surface area contributed by atoms with Crippen LogP contribution in [0, 0.1) is 0 Å². The molecule has 2 rings (SSSR count). The van der Waals surface area contributed by atoms with Crippen LogP contribution in [0.25, 0.3) is 12.8 Å². The molecule has 0 atom stereocenters. The van der Waals surface area contributed by atoms with Crippen molar-refractivity contribution in [3.8, 4) is 0 Å². The lowest BCUT2D eigenvalue weighted by Crippen LogP contribution is -2.35. The molecule has 0 aromatic carbocycles. The highest BCUT2D eigenvalue weighted by molar-refractivity contribution is 5.46. The zero-order valence-corrected chi connectivity index (χ0v) is 5.64. The summed E-state index contributed by atoms with van der Waals surface area (Å²) in [4.78, 5) is 17.5. The Balaban J connectivity index is 2.97. The SMILES string of the molecule is C=c1nc2c(c(=O)[nH]1)=CNN2. The molecule has 5 heteroatoms. The molecule has 0 fully saturated rings. The second-order valence-electron chi connectivity index (χ2n) is 2.19. The second-order valence-corrected chi connectivity index (χ2v) is 2.19. The predicted octanol–water partition coefficient (Wildman–Crippen LogP) is -2.15. The van der Waals surface area contributed by atoms with Gasteiger partial charge >= 0.3 is 0 Å². The highest BCUT2D eigenvalue weighted by Crippen LogP contribution is 1.86. The van der Waals surface area contributed by atoms with Crippen LogP contribution in [0.3, 0.4) is 0 Å². The van der Waals surface area contributed by atoms with Crippen molar-refractivity contribution in [2.75, 3.05) is 5.43 Å². The van der Waals surface area contributed by atoms with Gasteiger partial charge in [0, 0.05) is 6.20 Å². The minimum Gasteiger partial charge on any atom is -0.307 e. The first-order chi connectivity index (χ1) is 5.27. The number of hydrazine groups is 1. The average molecular weight is 150 g/mol. The molecule has 56 valence electrons. The summed E-state index contributed by atoms with van der Waals surface area (Å²) in [6, 6.07) is 0. The summed E-state index contributed by atoms with van der Waals surface area (Å²) in [5.41, 5.74) is 5.55. The topological polar surface area (TPSA) is 69.8 Å². The molecular weight excluding hydrogens is 144 g/mol. The fraction of sp³-hybridized carbons (Fsp3) is 0. The summed E-state index contributed by atoms with van der Waals surface area (Å²) in [5, 5.41) is 0.511. The third kappa shape index (κ3) is 0.778. The number of fused-ring (bicyclic) bond motifs is 1. The maximum absolute atomic E-state index is 11.1. The fourth-order valence-electron chi connectivity index (χ4n) is 0.935. The van der Waals surface area contributed by atoms with Gasteiger partial charge in [-0.3, -0.25) is 10.2 Å². The van der Waals surface area contributed by atoms with Crippen molar-refractivity contribution in [1.29, 1.82) is 0 Å². The maximum Gasteiger partial charge on any atom is 0.262 e. The van der Waals surface area contributed by atoms with Crippen LogP contribution >= 0.6 is 0 Å². The number of rotatable bonds is 0. The minimum absolute atomic E-state index is 0.183. The van der Waals surface area contributed by atoms with Gasteiger partial charge in [0.15, 0.2) is 5.82 Å². The van der Waals surface area contributed by atoms with Gasteiger partial charge < -0.3 is 10.4 Å². The molecule has 1 aliphatic rings. The monoisotopic (exact) mass is 150 g/mol. The van der Waals surface area contributed by atoms with E-state index in [9.17, 15) is 4.79 Å². The lowest BCUT2D eigenvalue weighted by Gasteiger charge is -1.94. The van der Waals surface area contributed by atoms with Crippen molar-refractivity contribution in [2.45, 2.75) is 0 Å². The standard InChI is InChI=1S/C6H6N4O/c1-3-8-5-4(2-7-10-5)6(11)9-3/h2H,1H2,(H,9,11)(H2,7,8,10). The van der Waals surface area contributed by atoms with Gasteiger partial charge in [0.1, 0.15) is 10.7 Å². The molecule has 0 amide bonds. The van der Waals surface area contributed by atoms with Crippen LogP contribution in [0.5, 0.6) is 0 Å². The van der Waals surface area contributed by atoms with E-state index in [2.05, 4.69) is 27.4 Å². The molecular formula is C6H6N4O. The molecule has 5 nitrogen and oxygen atoms in total. The van der Waals surface area contributed by atoms with E-state index in [1.54, 1.807) is 6.20 Å². The van der Waals surface area contributed by atoms with Crippen LogP contribution in [-0.4, -0.2) is 9.97 Å². The summed E-state index contributed by atoms with van der Waals surface area (Å²) < 4.78 is 0. The van der Waals surface area contributed by atoms with E-state index in [1.807, 2.05) is 0 Å². The highest BCUT2D eigenvalue weighted by atomic mass is 16.1. The Kier molecular flexibility index (Phi) is 1.00. The molecule has 11 heavy (non-hydrogen) atoms. The normalized spacial score (nSPS) is 12.7. The zero-order chi connectivity index (χ0) is 7.84. The number of aromatic nitrogens is 2. The summed E-state index contributed by atoms with van der Waals surface area (Å²) >= 11 is 0. The fourth-order valence-corrected chi connectivity index (χ4v) is 0.935. The third-order valence-electron chi connectivity index (χ3n) is 1.41. The van der Waals surface area contributed by atoms with E-state index < -0.39 is 0 Å². The first-order valence-electron chi connectivity index (χ1n) is 3.08. The first-order valence-corrected chi connectivity index (χ1v) is 3.08. The number of aromatic amines is 1. The predicted molar refractivity (Wildman–Crippen MR) is 40.9 cm³/mol. The minimum atomic E-state index is -0.183. The van der Waals surface area contributed by atoms with E-state index in [0.29, 0.717) is 16.5 Å². The number of nitrogens with one attached hydrogen (secondary N) is 3. The molecule has 0 spiro atoms. The Morgan fingerprint density at radius 3 is 3.18 bits per heavy atom. The molecule has 0 saturated heterocycles. The van der Waals surface area contributed by atoms with E-state index in [4.69, 9.17) is 0 Å². The zero-order valence-electron chi connectivity index (χ0n) is 5.64. The Hall–Kier alpha value is -1.78. The molecule has 1 aliphatic heterocycles. The van der Waals surface area contributed by atoms with Crippen molar-refractivity contribution in [2.24, 2.45) is 0 Å². The summed E-state index contributed by atoms with van der Waals surface area (Å²) in [7, 11) is 0. The van der Waals surface area contributed by atoms with Crippen molar-refractivity contribution >= 4 is 18.6 Å². The number of hydrogen-bond acceptors (Lipinski definition) is 4. The van der Waals surface area contributed by atoms with Crippen molar-refractivity contribution in [3.05, 3.63) is 21.1 Å². The molecule has 0 radical (unpaired) electrons. The molecule has 3 N–H and O–H groups in total. The smallest absolute Gasteiger partial charge is 0.262 e.